The van der Waals surface area contributed by atoms with Crippen molar-refractivity contribution in [3.63, 3.8) is 0 Å². The van der Waals surface area contributed by atoms with Crippen molar-refractivity contribution in [2.45, 2.75) is 122 Å². The van der Waals surface area contributed by atoms with Crippen LogP contribution < -0.4 is 0 Å². The molecule has 1 aliphatic heterocycles. The first-order valence-corrected chi connectivity index (χ1v) is 12.7. The molecule has 2 N–H and O–H groups in total. The van der Waals surface area contributed by atoms with Crippen LogP contribution in [0.4, 0.5) is 8.78 Å². The van der Waals surface area contributed by atoms with Gasteiger partial charge in [-0.3, -0.25) is 0 Å². The number of rotatable bonds is 19. The second kappa shape index (κ2) is 17.1. The Morgan fingerprint density at radius 1 is 0.727 bits per heavy atom. The largest absolute Gasteiger partial charge is 0.379 e. The van der Waals surface area contributed by atoms with Crippen molar-refractivity contribution in [1.82, 2.24) is 0 Å². The first-order valence-electron chi connectivity index (χ1n) is 12.7. The van der Waals surface area contributed by atoms with E-state index in [4.69, 9.17) is 23.7 Å². The van der Waals surface area contributed by atoms with Crippen molar-refractivity contribution >= 4 is 0 Å². The van der Waals surface area contributed by atoms with Gasteiger partial charge < -0.3 is 33.9 Å². The lowest BCUT2D eigenvalue weighted by Gasteiger charge is -2.48. The van der Waals surface area contributed by atoms with Crippen LogP contribution in [0, 0.1) is 0 Å². The third-order valence-corrected chi connectivity index (χ3v) is 5.71. The minimum Gasteiger partial charge on any atom is -0.379 e. The van der Waals surface area contributed by atoms with Crippen LogP contribution in [0.5, 0.6) is 0 Å². The van der Waals surface area contributed by atoms with Crippen molar-refractivity contribution in [1.29, 1.82) is 0 Å². The SMILES string of the molecule is CCCCOC[C@H]1O[C@@H](C(F)(F)C(O)O)[C@H](OCCCC)[C@@H](OCCCC)[C@@H]1OCCCC. The molecule has 0 bridgehead atoms. The maximum Gasteiger partial charge on any atom is 0.325 e. The first-order chi connectivity index (χ1) is 15.8. The van der Waals surface area contributed by atoms with Gasteiger partial charge in [0.25, 0.3) is 0 Å². The van der Waals surface area contributed by atoms with Crippen LogP contribution in [0.2, 0.25) is 0 Å². The van der Waals surface area contributed by atoms with Gasteiger partial charge in [-0.05, 0) is 25.7 Å². The molecule has 0 spiro atoms. The van der Waals surface area contributed by atoms with Gasteiger partial charge in [-0.25, -0.2) is 0 Å². The molecule has 0 aliphatic carbocycles. The Morgan fingerprint density at radius 3 is 1.67 bits per heavy atom. The van der Waals surface area contributed by atoms with Gasteiger partial charge in [0.1, 0.15) is 24.4 Å². The van der Waals surface area contributed by atoms with Gasteiger partial charge in [0, 0.05) is 26.4 Å². The number of alkyl halides is 2. The Balaban J connectivity index is 3.25. The minimum absolute atomic E-state index is 0.0419. The second-order valence-corrected chi connectivity index (χ2v) is 8.64. The summed E-state index contributed by atoms with van der Waals surface area (Å²) in [5.74, 6) is -3.96. The standard InChI is InChI=1S/C24H46F2O7/c1-5-9-13-29-17-18-19(30-14-10-6-2)20(31-15-11-7-3)21(32-16-12-8-4)22(33-18)24(25,26)23(27)28/h18-23,27-28H,5-17H2,1-4H3/t18-,19-,20+,21-,22-/m1/s1. The predicted octanol–water partition coefficient (Wildman–Crippen LogP) is 4.07. The highest BCUT2D eigenvalue weighted by molar-refractivity contribution is 5.01. The van der Waals surface area contributed by atoms with Crippen molar-refractivity contribution in [3.8, 4) is 0 Å². The van der Waals surface area contributed by atoms with Gasteiger partial charge in [0.15, 0.2) is 6.10 Å². The Morgan fingerprint density at radius 2 is 1.18 bits per heavy atom. The zero-order valence-electron chi connectivity index (χ0n) is 20.8. The van der Waals surface area contributed by atoms with Crippen molar-refractivity contribution < 1.29 is 42.7 Å². The molecule has 198 valence electrons. The Bertz CT molecular complexity index is 482. The smallest absolute Gasteiger partial charge is 0.325 e. The highest BCUT2D eigenvalue weighted by Crippen LogP contribution is 2.38. The van der Waals surface area contributed by atoms with Gasteiger partial charge >= 0.3 is 5.92 Å². The number of unbranched alkanes of at least 4 members (excludes halogenated alkanes) is 4. The van der Waals surface area contributed by atoms with Crippen LogP contribution in [0.3, 0.4) is 0 Å². The summed E-state index contributed by atoms with van der Waals surface area (Å²) in [4.78, 5) is 0. The highest BCUT2D eigenvalue weighted by atomic mass is 19.3. The minimum atomic E-state index is -3.96. The molecule has 5 atom stereocenters. The molecular formula is C24H46F2O7. The molecule has 0 radical (unpaired) electrons. The summed E-state index contributed by atoms with van der Waals surface area (Å²) in [6.45, 7) is 9.58. The number of ether oxygens (including phenoxy) is 5. The molecule has 1 saturated heterocycles. The lowest BCUT2D eigenvalue weighted by molar-refractivity contribution is -0.337. The van der Waals surface area contributed by atoms with E-state index in [1.807, 2.05) is 27.7 Å². The Kier molecular flexibility index (Phi) is 15.8. The molecule has 0 aromatic rings. The Labute approximate surface area is 198 Å². The fraction of sp³-hybridized carbons (Fsp3) is 1.00. The van der Waals surface area contributed by atoms with E-state index < -0.39 is 42.7 Å². The zero-order valence-corrected chi connectivity index (χ0v) is 20.8. The molecule has 0 amide bonds. The summed E-state index contributed by atoms with van der Waals surface area (Å²) < 4.78 is 59.5. The third-order valence-electron chi connectivity index (χ3n) is 5.71. The molecule has 0 aromatic carbocycles. The average Bonchev–Trinajstić information content (AvgIpc) is 2.78. The van der Waals surface area contributed by atoms with E-state index in [9.17, 15) is 19.0 Å². The van der Waals surface area contributed by atoms with Gasteiger partial charge in [-0.2, -0.15) is 8.78 Å². The third kappa shape index (κ3) is 9.99. The predicted molar refractivity (Wildman–Crippen MR) is 122 cm³/mol. The van der Waals surface area contributed by atoms with Crippen LogP contribution in [0.25, 0.3) is 0 Å². The van der Waals surface area contributed by atoms with E-state index in [1.165, 1.54) is 0 Å². The molecule has 1 aliphatic rings. The van der Waals surface area contributed by atoms with Crippen LogP contribution in [-0.2, 0) is 23.7 Å². The number of hydrogen-bond donors (Lipinski definition) is 2. The van der Waals surface area contributed by atoms with E-state index in [2.05, 4.69) is 0 Å². The highest BCUT2D eigenvalue weighted by Gasteiger charge is 2.59. The van der Waals surface area contributed by atoms with E-state index >= 15 is 0 Å². The van der Waals surface area contributed by atoms with Gasteiger partial charge in [0.2, 0.25) is 6.29 Å². The topological polar surface area (TPSA) is 86.6 Å². The summed E-state index contributed by atoms with van der Waals surface area (Å²) in [7, 11) is 0. The van der Waals surface area contributed by atoms with Crippen molar-refractivity contribution in [2.24, 2.45) is 0 Å². The summed E-state index contributed by atoms with van der Waals surface area (Å²) in [6, 6.07) is 0. The molecule has 1 rings (SSSR count). The average molecular weight is 485 g/mol. The molecule has 9 heteroatoms. The molecule has 1 heterocycles. The van der Waals surface area contributed by atoms with Crippen molar-refractivity contribution in [2.75, 3.05) is 33.0 Å². The van der Waals surface area contributed by atoms with E-state index in [0.717, 1.165) is 44.9 Å². The van der Waals surface area contributed by atoms with Crippen LogP contribution >= 0.6 is 0 Å². The van der Waals surface area contributed by atoms with Crippen LogP contribution in [0.15, 0.2) is 0 Å². The normalized spacial score (nSPS) is 26.3. The molecule has 7 nitrogen and oxygen atoms in total. The molecule has 1 fully saturated rings. The summed E-state index contributed by atoms with van der Waals surface area (Å²) in [6.07, 6.45) is -1.79. The van der Waals surface area contributed by atoms with Crippen molar-refractivity contribution in [3.05, 3.63) is 0 Å². The van der Waals surface area contributed by atoms with Crippen LogP contribution in [0.1, 0.15) is 79.1 Å². The number of halogens is 2. The zero-order chi connectivity index (χ0) is 24.7. The Hall–Kier alpha value is -0.420. The summed E-state index contributed by atoms with van der Waals surface area (Å²) >= 11 is 0. The second-order valence-electron chi connectivity index (χ2n) is 8.64. The molecule has 0 aromatic heterocycles. The molecular weight excluding hydrogens is 438 g/mol. The fourth-order valence-electron chi connectivity index (χ4n) is 3.62. The maximum atomic E-state index is 15.0. The summed E-state index contributed by atoms with van der Waals surface area (Å²) in [5.41, 5.74) is 0. The fourth-order valence-corrected chi connectivity index (χ4v) is 3.62. The van der Waals surface area contributed by atoms with E-state index in [-0.39, 0.29) is 13.2 Å². The lowest BCUT2D eigenvalue weighted by atomic mass is 9.90. The number of aliphatic hydroxyl groups excluding tert-OH is 1. The monoisotopic (exact) mass is 484 g/mol. The summed E-state index contributed by atoms with van der Waals surface area (Å²) in [5, 5.41) is 18.9. The quantitative estimate of drug-likeness (QED) is 0.211. The van der Waals surface area contributed by atoms with E-state index in [1.54, 1.807) is 0 Å². The molecule has 33 heavy (non-hydrogen) atoms. The molecule has 0 saturated carbocycles. The maximum absolute atomic E-state index is 15.0. The molecule has 0 unspecified atom stereocenters. The van der Waals surface area contributed by atoms with Gasteiger partial charge in [-0.1, -0.05) is 53.4 Å². The van der Waals surface area contributed by atoms with E-state index in [0.29, 0.717) is 26.2 Å². The lowest BCUT2D eigenvalue weighted by Crippen LogP contribution is -2.67. The number of hydrogen-bond acceptors (Lipinski definition) is 7. The van der Waals surface area contributed by atoms with Gasteiger partial charge in [0.05, 0.1) is 6.61 Å². The van der Waals surface area contributed by atoms with Gasteiger partial charge in [-0.15, -0.1) is 0 Å². The van der Waals surface area contributed by atoms with Crippen LogP contribution in [-0.4, -0.2) is 86.0 Å². The first kappa shape index (κ1) is 30.6. The number of aliphatic hydroxyl groups is 2.